The number of carbonyl (C=O) groups is 2. The minimum atomic E-state index is -4.46. The number of quaternary nitrogens is 1. The zero-order chi connectivity index (χ0) is 57.9. The molecular formula is C69H124N2O7P+. The van der Waals surface area contributed by atoms with E-state index in [1.807, 2.05) is 33.3 Å². The highest BCUT2D eigenvalue weighted by atomic mass is 31.2. The van der Waals surface area contributed by atoms with Crippen LogP contribution in [0.3, 0.4) is 0 Å². The number of likely N-dealkylation sites (N-methyl/N-ethyl adjacent to an activating group) is 1. The topological polar surface area (TPSA) is 111 Å². The first-order valence-electron chi connectivity index (χ1n) is 32.6. The zero-order valence-corrected chi connectivity index (χ0v) is 53.0. The van der Waals surface area contributed by atoms with E-state index in [-0.39, 0.29) is 31.5 Å². The Morgan fingerprint density at radius 2 is 0.810 bits per heavy atom. The molecule has 9 nitrogen and oxygen atoms in total. The molecule has 0 rings (SSSR count). The van der Waals surface area contributed by atoms with Gasteiger partial charge in [0.05, 0.1) is 33.8 Å². The maximum Gasteiger partial charge on any atom is 0.472 e. The average Bonchev–Trinajstić information content (AvgIpc) is 3.41. The van der Waals surface area contributed by atoms with Gasteiger partial charge in [0.1, 0.15) is 19.3 Å². The van der Waals surface area contributed by atoms with E-state index in [0.29, 0.717) is 17.4 Å². The van der Waals surface area contributed by atoms with E-state index in [4.69, 9.17) is 13.8 Å². The first kappa shape index (κ1) is 75.9. The van der Waals surface area contributed by atoms with E-state index in [9.17, 15) is 19.0 Å². The Balaban J connectivity index is 5.08. The number of amides is 1. The van der Waals surface area contributed by atoms with E-state index in [0.717, 1.165) is 116 Å². The summed E-state index contributed by atoms with van der Waals surface area (Å²) in [5.41, 5.74) is 0. The molecule has 0 aliphatic carbocycles. The summed E-state index contributed by atoms with van der Waals surface area (Å²) < 4.78 is 30.7. The summed E-state index contributed by atoms with van der Waals surface area (Å²) in [6, 6.07) is -0.858. The molecule has 0 aromatic carbocycles. The Morgan fingerprint density at radius 3 is 1.22 bits per heavy atom. The van der Waals surface area contributed by atoms with Crippen LogP contribution in [-0.2, 0) is 27.9 Å². The minimum Gasteiger partial charge on any atom is -0.456 e. The Hall–Kier alpha value is -3.07. The summed E-state index contributed by atoms with van der Waals surface area (Å²) in [5, 5.41) is 3.06. The number of allylic oxidation sites excluding steroid dienone is 15. The minimum absolute atomic E-state index is 0.0347. The molecule has 0 radical (unpaired) electrons. The Kier molecular flexibility index (Phi) is 55.9. The van der Waals surface area contributed by atoms with Gasteiger partial charge in [-0.3, -0.25) is 18.6 Å². The van der Waals surface area contributed by atoms with Crippen LogP contribution in [0.15, 0.2) is 97.2 Å². The van der Waals surface area contributed by atoms with Crippen molar-refractivity contribution in [1.29, 1.82) is 0 Å². The maximum atomic E-state index is 13.6. The molecule has 0 aromatic rings. The fraction of sp³-hybridized carbons (Fsp3) is 0.739. The molecule has 0 bridgehead atoms. The van der Waals surface area contributed by atoms with Crippen molar-refractivity contribution in [3.8, 4) is 0 Å². The Labute approximate surface area is 488 Å². The SMILES string of the molecule is CC/C=C\C/C=C\C/C=C\C/C=C\C/C=C\CCCCCCCCCCCCCC(=O)NC(COP(=O)(O)OCC[N+](C)(C)C)C(/C=C\CCCCCCCCCCCC)OC(=O)CCCCCCCCC/C=C/C/C=C/CC. The Bertz CT molecular complexity index is 1670. The predicted octanol–water partition coefficient (Wildman–Crippen LogP) is 20.3. The van der Waals surface area contributed by atoms with Crippen molar-refractivity contribution < 1.29 is 37.3 Å². The molecule has 0 aromatic heterocycles. The summed E-state index contributed by atoms with van der Waals surface area (Å²) in [6.45, 7) is 6.79. The summed E-state index contributed by atoms with van der Waals surface area (Å²) in [6.07, 6.45) is 78.4. The third-order valence-corrected chi connectivity index (χ3v) is 15.0. The number of rotatable bonds is 58. The molecule has 10 heteroatoms. The van der Waals surface area contributed by atoms with E-state index >= 15 is 0 Å². The van der Waals surface area contributed by atoms with Crippen LogP contribution in [0.1, 0.15) is 278 Å². The number of carbonyl (C=O) groups excluding carboxylic acids is 2. The second kappa shape index (κ2) is 58.1. The molecule has 0 fully saturated rings. The van der Waals surface area contributed by atoms with Crippen LogP contribution in [0, 0.1) is 0 Å². The lowest BCUT2D eigenvalue weighted by Crippen LogP contribution is -2.47. The number of nitrogens with zero attached hydrogens (tertiary/aromatic N) is 1. The third kappa shape index (κ3) is 59.4. The van der Waals surface area contributed by atoms with E-state index < -0.39 is 20.0 Å². The summed E-state index contributed by atoms with van der Waals surface area (Å²) in [4.78, 5) is 37.7. The van der Waals surface area contributed by atoms with Crippen molar-refractivity contribution in [3.63, 3.8) is 0 Å². The van der Waals surface area contributed by atoms with Crippen LogP contribution < -0.4 is 5.32 Å². The van der Waals surface area contributed by atoms with Gasteiger partial charge in [-0.1, -0.05) is 260 Å². The van der Waals surface area contributed by atoms with E-state index in [1.165, 1.54) is 128 Å². The van der Waals surface area contributed by atoms with Gasteiger partial charge < -0.3 is 19.4 Å². The van der Waals surface area contributed by atoms with Crippen molar-refractivity contribution >= 4 is 19.7 Å². The van der Waals surface area contributed by atoms with Gasteiger partial charge in [0, 0.05) is 12.8 Å². The first-order valence-corrected chi connectivity index (χ1v) is 34.1. The van der Waals surface area contributed by atoms with Crippen molar-refractivity contribution in [2.24, 2.45) is 0 Å². The molecule has 0 saturated heterocycles. The number of unbranched alkanes of at least 4 members (excludes halogenated alkanes) is 28. The lowest BCUT2D eigenvalue weighted by molar-refractivity contribution is -0.870. The van der Waals surface area contributed by atoms with Crippen LogP contribution in [0.25, 0.3) is 0 Å². The molecule has 2 N–H and O–H groups in total. The molecule has 3 unspecified atom stereocenters. The molecule has 3 atom stereocenters. The second-order valence-electron chi connectivity index (χ2n) is 22.9. The largest absolute Gasteiger partial charge is 0.472 e. The predicted molar refractivity (Wildman–Crippen MR) is 341 cm³/mol. The van der Waals surface area contributed by atoms with Crippen LogP contribution >= 0.6 is 7.82 Å². The summed E-state index contributed by atoms with van der Waals surface area (Å²) in [7, 11) is 1.48. The monoisotopic (exact) mass is 1120 g/mol. The molecule has 0 aliphatic heterocycles. The van der Waals surface area contributed by atoms with Crippen LogP contribution in [0.2, 0.25) is 0 Å². The Morgan fingerprint density at radius 1 is 0.456 bits per heavy atom. The van der Waals surface area contributed by atoms with Gasteiger partial charge in [0.25, 0.3) is 0 Å². The van der Waals surface area contributed by atoms with Crippen molar-refractivity contribution in [2.75, 3.05) is 40.9 Å². The van der Waals surface area contributed by atoms with Crippen LogP contribution in [0.5, 0.6) is 0 Å². The molecule has 0 spiro atoms. The molecule has 79 heavy (non-hydrogen) atoms. The molecular weight excluding hydrogens is 1000 g/mol. The number of nitrogens with one attached hydrogen (secondary N) is 1. The van der Waals surface area contributed by atoms with E-state index in [2.05, 4.69) is 111 Å². The van der Waals surface area contributed by atoms with Crippen molar-refractivity contribution in [2.45, 2.75) is 290 Å². The average molecular weight is 1120 g/mol. The molecule has 0 aliphatic rings. The fourth-order valence-electron chi connectivity index (χ4n) is 9.06. The summed E-state index contributed by atoms with van der Waals surface area (Å²) >= 11 is 0. The maximum absolute atomic E-state index is 13.6. The van der Waals surface area contributed by atoms with Crippen molar-refractivity contribution in [3.05, 3.63) is 97.2 Å². The van der Waals surface area contributed by atoms with Crippen molar-refractivity contribution in [1.82, 2.24) is 5.32 Å². The highest BCUT2D eigenvalue weighted by molar-refractivity contribution is 7.47. The number of hydrogen-bond acceptors (Lipinski definition) is 6. The smallest absolute Gasteiger partial charge is 0.456 e. The molecule has 456 valence electrons. The number of phosphoric acid groups is 1. The van der Waals surface area contributed by atoms with Gasteiger partial charge in [-0.15, -0.1) is 0 Å². The van der Waals surface area contributed by atoms with Gasteiger partial charge in [-0.05, 0) is 102 Å². The van der Waals surface area contributed by atoms with Gasteiger partial charge in [-0.2, -0.15) is 0 Å². The van der Waals surface area contributed by atoms with E-state index in [1.54, 1.807) is 0 Å². The summed E-state index contributed by atoms with van der Waals surface area (Å²) in [5.74, 6) is -0.519. The number of ether oxygens (including phenoxy) is 1. The number of hydrogen-bond donors (Lipinski definition) is 2. The number of phosphoric ester groups is 1. The zero-order valence-electron chi connectivity index (χ0n) is 52.1. The van der Waals surface area contributed by atoms with Gasteiger partial charge in [0.15, 0.2) is 0 Å². The number of esters is 1. The first-order chi connectivity index (χ1) is 38.4. The van der Waals surface area contributed by atoms with Gasteiger partial charge in [0.2, 0.25) is 5.91 Å². The van der Waals surface area contributed by atoms with Crippen LogP contribution in [-0.4, -0.2) is 74.3 Å². The fourth-order valence-corrected chi connectivity index (χ4v) is 9.80. The lowest BCUT2D eigenvalue weighted by atomic mass is 10.0. The van der Waals surface area contributed by atoms with Crippen LogP contribution in [0.4, 0.5) is 0 Å². The van der Waals surface area contributed by atoms with Gasteiger partial charge >= 0.3 is 13.8 Å². The molecule has 0 heterocycles. The highest BCUT2D eigenvalue weighted by Crippen LogP contribution is 2.43. The molecule has 1 amide bonds. The second-order valence-corrected chi connectivity index (χ2v) is 24.3. The molecule has 0 saturated carbocycles. The third-order valence-electron chi connectivity index (χ3n) is 14.0. The quantitative estimate of drug-likeness (QED) is 0.0205. The van der Waals surface area contributed by atoms with Gasteiger partial charge in [-0.25, -0.2) is 4.57 Å². The standard InChI is InChI=1S/C69H123N2O7P/c1-7-10-13-16-19-22-25-28-30-31-32-33-34-35-36-37-38-39-40-41-42-43-46-49-52-55-58-61-68(72)70-66(65-77-79(74,75)76-64-63-71(4,5)6)67(60-57-54-51-48-45-27-24-21-18-15-12-9-3)78-69(73)62-59-56-53-50-47-44-29-26-23-20-17-14-11-8-2/h10-11,13-14,19-20,22-23,28,30,32-33,35-36,57,60,66-67H,7-9,12,15-18,21,24-27,29,31,34,37-56,58-59,61-65H2,1-6H3,(H-,70,72,74,75)/p+1/b13-10-,14-11+,22-19-,23-20+,30-28-,33-32-,36-35-,60-57-. The highest BCUT2D eigenvalue weighted by Gasteiger charge is 2.30. The lowest BCUT2D eigenvalue weighted by Gasteiger charge is -2.27. The normalized spacial score (nSPS) is 14.3.